The smallest absolute Gasteiger partial charge is 0.360 e. The second kappa shape index (κ2) is 8.15. The molecule has 1 aliphatic rings. The van der Waals surface area contributed by atoms with Crippen LogP contribution >= 0.6 is 18.5 Å². The zero-order valence-corrected chi connectivity index (χ0v) is 20.4. The van der Waals surface area contributed by atoms with E-state index in [2.05, 4.69) is 34.4 Å². The van der Waals surface area contributed by atoms with Crippen LogP contribution in [0.15, 0.2) is 18.3 Å². The molecular weight excluding hydrogens is 470 g/mol. The first-order valence-corrected chi connectivity index (χ1v) is 13.9. The largest absolute Gasteiger partial charge is 0.427 e. The van der Waals surface area contributed by atoms with Crippen LogP contribution in [0.4, 0.5) is 18.3 Å². The third-order valence-electron chi connectivity index (χ3n) is 5.90. The van der Waals surface area contributed by atoms with Crippen LogP contribution in [0.5, 0.6) is 0 Å². The standard InChI is InChI=1S/C22H25F3N5OPS/c1-21(2)8-7-13(10-28-21)29-20-30-17(19(33-20)22(23,24)25)15-11-27-16-14(15)6-5-12(9-26)18(16)32(3,4)31/h5-6,11,13,27-28H,7-8,10H2,1-4H3,(H,29,30)/t13-/m0/s1. The Morgan fingerprint density at radius 1 is 1.33 bits per heavy atom. The number of fused-ring (bicyclic) bond motifs is 1. The highest BCUT2D eigenvalue weighted by molar-refractivity contribution is 7.70. The number of hydrogen-bond acceptors (Lipinski definition) is 6. The lowest BCUT2D eigenvalue weighted by Gasteiger charge is -2.36. The van der Waals surface area contributed by atoms with Gasteiger partial charge >= 0.3 is 6.18 Å². The van der Waals surface area contributed by atoms with Gasteiger partial charge in [0.1, 0.15) is 12.0 Å². The SMILES string of the molecule is CC1(C)CC[C@H](Nc2nc(-c3c[nH]c4c(P(C)(C)=O)c(C#N)ccc34)c(C(F)(F)F)s2)CN1. The van der Waals surface area contributed by atoms with Gasteiger partial charge in [-0.15, -0.1) is 0 Å². The number of piperidine rings is 1. The van der Waals surface area contributed by atoms with Gasteiger partial charge in [0.05, 0.1) is 28.1 Å². The Bertz CT molecular complexity index is 1290. The first kappa shape index (κ1) is 23.8. The lowest BCUT2D eigenvalue weighted by Crippen LogP contribution is -2.50. The van der Waals surface area contributed by atoms with Crippen molar-refractivity contribution in [2.24, 2.45) is 0 Å². The maximum Gasteiger partial charge on any atom is 0.427 e. The molecule has 0 saturated carbocycles. The molecule has 3 aromatic rings. The molecule has 2 aromatic heterocycles. The van der Waals surface area contributed by atoms with E-state index in [1.807, 2.05) is 6.07 Å². The Morgan fingerprint density at radius 2 is 2.06 bits per heavy atom. The van der Waals surface area contributed by atoms with Crippen molar-refractivity contribution >= 4 is 39.8 Å². The summed E-state index contributed by atoms with van der Waals surface area (Å²) in [6, 6.07) is 5.10. The molecule has 11 heteroatoms. The van der Waals surface area contributed by atoms with E-state index in [0.717, 1.165) is 12.8 Å². The number of nitrogens with one attached hydrogen (secondary N) is 3. The minimum atomic E-state index is -4.58. The Labute approximate surface area is 194 Å². The van der Waals surface area contributed by atoms with Gasteiger partial charge in [0.15, 0.2) is 5.13 Å². The van der Waals surface area contributed by atoms with Crippen LogP contribution in [-0.4, -0.2) is 41.4 Å². The number of rotatable bonds is 4. The summed E-state index contributed by atoms with van der Waals surface area (Å²) in [6.07, 6.45) is -1.41. The molecule has 0 amide bonds. The minimum Gasteiger partial charge on any atom is -0.360 e. The van der Waals surface area contributed by atoms with E-state index >= 15 is 0 Å². The van der Waals surface area contributed by atoms with Gasteiger partial charge in [0, 0.05) is 35.3 Å². The van der Waals surface area contributed by atoms with Crippen molar-refractivity contribution in [1.82, 2.24) is 15.3 Å². The Morgan fingerprint density at radius 3 is 2.64 bits per heavy atom. The number of halogens is 3. The van der Waals surface area contributed by atoms with E-state index in [0.29, 0.717) is 34.1 Å². The number of anilines is 1. The molecule has 4 rings (SSSR count). The highest BCUT2D eigenvalue weighted by atomic mass is 32.1. The van der Waals surface area contributed by atoms with Crippen LogP contribution in [-0.2, 0) is 10.7 Å². The van der Waals surface area contributed by atoms with Gasteiger partial charge in [0.25, 0.3) is 0 Å². The Hall–Kier alpha value is -2.34. The van der Waals surface area contributed by atoms with Crippen LogP contribution < -0.4 is 15.9 Å². The first-order chi connectivity index (χ1) is 15.3. The van der Waals surface area contributed by atoms with Gasteiger partial charge < -0.3 is 20.2 Å². The molecule has 3 N–H and O–H groups in total. The second-order valence-corrected chi connectivity index (χ2v) is 13.5. The predicted molar refractivity (Wildman–Crippen MR) is 127 cm³/mol. The van der Waals surface area contributed by atoms with Crippen molar-refractivity contribution in [3.63, 3.8) is 0 Å². The molecule has 176 valence electrons. The lowest BCUT2D eigenvalue weighted by atomic mass is 9.91. The normalized spacial score (nSPS) is 18.9. The molecule has 0 unspecified atom stereocenters. The molecule has 3 heterocycles. The van der Waals surface area contributed by atoms with E-state index in [4.69, 9.17) is 0 Å². The van der Waals surface area contributed by atoms with Gasteiger partial charge in [-0.3, -0.25) is 0 Å². The fourth-order valence-electron chi connectivity index (χ4n) is 4.21. The fourth-order valence-corrected chi connectivity index (χ4v) is 6.56. The molecule has 33 heavy (non-hydrogen) atoms. The molecule has 0 aliphatic carbocycles. The Balaban J connectivity index is 1.79. The molecular formula is C22H25F3N5OPS. The quantitative estimate of drug-likeness (QED) is 0.423. The van der Waals surface area contributed by atoms with Gasteiger partial charge in [0.2, 0.25) is 0 Å². The van der Waals surface area contributed by atoms with E-state index in [-0.39, 0.29) is 33.5 Å². The molecule has 0 radical (unpaired) electrons. The number of thiazole rings is 1. The summed E-state index contributed by atoms with van der Waals surface area (Å²) < 4.78 is 54.7. The number of hydrogen-bond donors (Lipinski definition) is 3. The van der Waals surface area contributed by atoms with Gasteiger partial charge in [-0.25, -0.2) is 4.98 Å². The third-order valence-corrected chi connectivity index (χ3v) is 8.47. The van der Waals surface area contributed by atoms with E-state index < -0.39 is 18.2 Å². The maximum absolute atomic E-state index is 14.0. The lowest BCUT2D eigenvalue weighted by molar-refractivity contribution is -0.134. The van der Waals surface area contributed by atoms with Crippen LogP contribution in [0.2, 0.25) is 0 Å². The first-order valence-electron chi connectivity index (χ1n) is 10.5. The zero-order valence-electron chi connectivity index (χ0n) is 18.7. The number of nitrogens with zero attached hydrogens (tertiary/aromatic N) is 2. The summed E-state index contributed by atoms with van der Waals surface area (Å²) >= 11 is 0.588. The summed E-state index contributed by atoms with van der Waals surface area (Å²) in [7, 11) is -2.88. The monoisotopic (exact) mass is 495 g/mol. The summed E-state index contributed by atoms with van der Waals surface area (Å²) in [4.78, 5) is 6.50. The molecule has 1 saturated heterocycles. The maximum atomic E-state index is 14.0. The number of benzene rings is 1. The number of alkyl halides is 3. The van der Waals surface area contributed by atoms with Crippen molar-refractivity contribution in [3.8, 4) is 17.3 Å². The van der Waals surface area contributed by atoms with Crippen LogP contribution in [0.1, 0.15) is 37.1 Å². The molecule has 1 fully saturated rings. The number of nitriles is 1. The summed E-state index contributed by atoms with van der Waals surface area (Å²) in [5.41, 5.74) is 0.748. The Kier molecular flexibility index (Phi) is 5.88. The average Bonchev–Trinajstić information content (AvgIpc) is 3.31. The van der Waals surface area contributed by atoms with Gasteiger partial charge in [-0.1, -0.05) is 17.4 Å². The third kappa shape index (κ3) is 4.68. The predicted octanol–water partition coefficient (Wildman–Crippen LogP) is 5.37. The summed E-state index contributed by atoms with van der Waals surface area (Å²) in [6.45, 7) is 7.91. The van der Waals surface area contributed by atoms with Crippen molar-refractivity contribution in [3.05, 3.63) is 28.8 Å². The number of H-pyrrole nitrogens is 1. The zero-order chi connectivity index (χ0) is 24.2. The molecule has 6 nitrogen and oxygen atoms in total. The topological polar surface area (TPSA) is 93.6 Å². The molecule has 1 aromatic carbocycles. The molecule has 1 atom stereocenters. The molecule has 1 aliphatic heterocycles. The van der Waals surface area contributed by atoms with Gasteiger partial charge in [-0.05, 0) is 46.1 Å². The van der Waals surface area contributed by atoms with Crippen LogP contribution in [0, 0.1) is 11.3 Å². The summed E-state index contributed by atoms with van der Waals surface area (Å²) in [5, 5.41) is 17.0. The van der Waals surface area contributed by atoms with Crippen LogP contribution in [0.3, 0.4) is 0 Å². The van der Waals surface area contributed by atoms with E-state index in [1.165, 1.54) is 25.6 Å². The van der Waals surface area contributed by atoms with Crippen molar-refractivity contribution in [1.29, 1.82) is 5.26 Å². The highest BCUT2D eigenvalue weighted by Crippen LogP contribution is 2.46. The molecule has 0 bridgehead atoms. The highest BCUT2D eigenvalue weighted by Gasteiger charge is 2.39. The fraction of sp³-hybridized carbons (Fsp3) is 0.455. The molecule has 0 spiro atoms. The minimum absolute atomic E-state index is 0.00532. The van der Waals surface area contributed by atoms with Crippen LogP contribution in [0.25, 0.3) is 22.2 Å². The van der Waals surface area contributed by atoms with Crippen molar-refractivity contribution in [2.75, 3.05) is 25.2 Å². The van der Waals surface area contributed by atoms with Crippen molar-refractivity contribution < 1.29 is 17.7 Å². The summed E-state index contributed by atoms with van der Waals surface area (Å²) in [5.74, 6) is 0. The van der Waals surface area contributed by atoms with Gasteiger partial charge in [-0.2, -0.15) is 18.4 Å². The van der Waals surface area contributed by atoms with E-state index in [1.54, 1.807) is 6.07 Å². The van der Waals surface area contributed by atoms with E-state index in [9.17, 15) is 23.0 Å². The van der Waals surface area contributed by atoms with Crippen molar-refractivity contribution in [2.45, 2.75) is 44.4 Å². The number of aromatic nitrogens is 2. The number of aromatic amines is 1. The second-order valence-electron chi connectivity index (χ2n) is 9.39. The average molecular weight is 496 g/mol.